The Morgan fingerprint density at radius 3 is 3.00 bits per heavy atom. The summed E-state index contributed by atoms with van der Waals surface area (Å²) in [5.74, 6) is 1.58. The molecule has 0 bridgehead atoms. The van der Waals surface area contributed by atoms with Crippen LogP contribution in [0, 0.1) is 0 Å². The van der Waals surface area contributed by atoms with Crippen molar-refractivity contribution in [3.63, 3.8) is 0 Å². The minimum Gasteiger partial charge on any atom is -0.367 e. The van der Waals surface area contributed by atoms with Gasteiger partial charge in [0.25, 0.3) is 0 Å². The number of hydrogen-bond acceptors (Lipinski definition) is 5. The SMILES string of the molecule is CN=C(NCc1cccc(-c2ncn[nH]2)c1)NC1CCCN(c2cnn(C)c2)C1.I. The van der Waals surface area contributed by atoms with E-state index in [-0.39, 0.29) is 24.0 Å². The lowest BCUT2D eigenvalue weighted by Gasteiger charge is -2.34. The van der Waals surface area contributed by atoms with E-state index < -0.39 is 0 Å². The number of anilines is 1. The van der Waals surface area contributed by atoms with Gasteiger partial charge in [0.1, 0.15) is 6.33 Å². The summed E-state index contributed by atoms with van der Waals surface area (Å²) in [4.78, 5) is 11.0. The van der Waals surface area contributed by atoms with Gasteiger partial charge >= 0.3 is 0 Å². The molecule has 0 saturated carbocycles. The number of piperidine rings is 1. The highest BCUT2D eigenvalue weighted by molar-refractivity contribution is 14.0. The van der Waals surface area contributed by atoms with E-state index in [1.807, 2.05) is 37.1 Å². The van der Waals surface area contributed by atoms with Crippen molar-refractivity contribution < 1.29 is 0 Å². The number of hydrogen-bond donors (Lipinski definition) is 3. The van der Waals surface area contributed by atoms with Crippen LogP contribution < -0.4 is 15.5 Å². The predicted molar refractivity (Wildman–Crippen MR) is 129 cm³/mol. The Morgan fingerprint density at radius 2 is 2.27 bits per heavy atom. The maximum atomic E-state index is 4.40. The average molecular weight is 521 g/mol. The first-order valence-corrected chi connectivity index (χ1v) is 9.87. The molecule has 10 heteroatoms. The zero-order chi connectivity index (χ0) is 20.1. The molecule has 3 heterocycles. The fourth-order valence-electron chi connectivity index (χ4n) is 3.65. The van der Waals surface area contributed by atoms with Crippen molar-refractivity contribution in [3.8, 4) is 11.4 Å². The third kappa shape index (κ3) is 5.49. The molecule has 3 aromatic rings. The number of aryl methyl sites for hydroxylation is 1. The van der Waals surface area contributed by atoms with Gasteiger partial charge in [-0.25, -0.2) is 4.98 Å². The summed E-state index contributed by atoms with van der Waals surface area (Å²) >= 11 is 0. The van der Waals surface area contributed by atoms with Crippen LogP contribution in [0.3, 0.4) is 0 Å². The van der Waals surface area contributed by atoms with E-state index in [9.17, 15) is 0 Å². The molecule has 0 amide bonds. The van der Waals surface area contributed by atoms with Crippen molar-refractivity contribution in [1.82, 2.24) is 35.6 Å². The number of guanidine groups is 1. The molecule has 2 aromatic heterocycles. The summed E-state index contributed by atoms with van der Waals surface area (Å²) in [6.45, 7) is 2.68. The van der Waals surface area contributed by atoms with Gasteiger partial charge in [-0.15, -0.1) is 24.0 Å². The fourth-order valence-corrected chi connectivity index (χ4v) is 3.65. The van der Waals surface area contributed by atoms with Gasteiger partial charge in [0.15, 0.2) is 11.8 Å². The number of halogens is 1. The standard InChI is InChI=1S/C20H27N9.HI/c1-21-20(22-10-15-5-3-6-16(9-15)19-23-14-24-27-19)26-17-7-4-8-29(12-17)18-11-25-28(2)13-18;/h3,5-6,9,11,13-14,17H,4,7-8,10,12H2,1-2H3,(H2,21,22,26)(H,23,24,27);1H. The molecule has 0 spiro atoms. The topological polar surface area (TPSA) is 99.1 Å². The quantitative estimate of drug-likeness (QED) is 0.271. The Kier molecular flexibility index (Phi) is 7.66. The van der Waals surface area contributed by atoms with E-state index in [0.29, 0.717) is 12.6 Å². The normalized spacial score (nSPS) is 16.8. The number of aromatic nitrogens is 5. The molecule has 9 nitrogen and oxygen atoms in total. The third-order valence-corrected chi connectivity index (χ3v) is 5.12. The Labute approximate surface area is 193 Å². The summed E-state index contributed by atoms with van der Waals surface area (Å²) in [7, 11) is 3.76. The van der Waals surface area contributed by atoms with Crippen molar-refractivity contribution in [2.24, 2.45) is 12.0 Å². The number of H-pyrrole nitrogens is 1. The van der Waals surface area contributed by atoms with Crippen LogP contribution in [0.5, 0.6) is 0 Å². The first-order chi connectivity index (χ1) is 14.2. The van der Waals surface area contributed by atoms with Crippen LogP contribution in [0.15, 0.2) is 48.0 Å². The molecule has 1 unspecified atom stereocenters. The third-order valence-electron chi connectivity index (χ3n) is 5.12. The Hall–Kier alpha value is -2.63. The molecular weight excluding hydrogens is 493 g/mol. The Bertz CT molecular complexity index is 951. The molecule has 4 rings (SSSR count). The monoisotopic (exact) mass is 521 g/mol. The molecule has 1 saturated heterocycles. The maximum Gasteiger partial charge on any atom is 0.191 e. The van der Waals surface area contributed by atoms with Crippen molar-refractivity contribution in [2.45, 2.75) is 25.4 Å². The van der Waals surface area contributed by atoms with Crippen LogP contribution in [-0.4, -0.2) is 57.1 Å². The highest BCUT2D eigenvalue weighted by Crippen LogP contribution is 2.19. The van der Waals surface area contributed by atoms with Gasteiger partial charge in [0, 0.05) is 51.5 Å². The molecule has 0 aliphatic carbocycles. The van der Waals surface area contributed by atoms with E-state index in [4.69, 9.17) is 0 Å². The Morgan fingerprint density at radius 1 is 1.37 bits per heavy atom. The molecule has 30 heavy (non-hydrogen) atoms. The van der Waals surface area contributed by atoms with Crippen molar-refractivity contribution in [3.05, 3.63) is 48.5 Å². The summed E-state index contributed by atoms with van der Waals surface area (Å²) in [5, 5.41) is 18.1. The van der Waals surface area contributed by atoms with E-state index in [2.05, 4.69) is 59.1 Å². The van der Waals surface area contributed by atoms with Crippen LogP contribution in [0.1, 0.15) is 18.4 Å². The van der Waals surface area contributed by atoms with Crippen molar-refractivity contribution >= 4 is 35.6 Å². The van der Waals surface area contributed by atoms with Gasteiger partial charge in [-0.2, -0.15) is 10.2 Å². The average Bonchev–Trinajstić information content (AvgIpc) is 3.43. The second-order valence-corrected chi connectivity index (χ2v) is 7.26. The maximum absolute atomic E-state index is 4.40. The molecule has 1 aromatic carbocycles. The fraction of sp³-hybridized carbons (Fsp3) is 0.400. The van der Waals surface area contributed by atoms with Gasteiger partial charge in [0.05, 0.1) is 11.9 Å². The highest BCUT2D eigenvalue weighted by atomic mass is 127. The van der Waals surface area contributed by atoms with E-state index >= 15 is 0 Å². The number of aliphatic imine (C=N–C) groups is 1. The number of rotatable bonds is 5. The number of nitrogens with zero attached hydrogens (tertiary/aromatic N) is 6. The van der Waals surface area contributed by atoms with Crippen LogP contribution in [0.2, 0.25) is 0 Å². The number of aromatic amines is 1. The lowest BCUT2D eigenvalue weighted by molar-refractivity contribution is 0.468. The first-order valence-electron chi connectivity index (χ1n) is 9.87. The van der Waals surface area contributed by atoms with Crippen molar-refractivity contribution in [1.29, 1.82) is 0 Å². The van der Waals surface area contributed by atoms with Crippen LogP contribution >= 0.6 is 24.0 Å². The minimum absolute atomic E-state index is 0. The second kappa shape index (κ2) is 10.4. The lowest BCUT2D eigenvalue weighted by Crippen LogP contribution is -2.51. The van der Waals surface area contributed by atoms with E-state index in [0.717, 1.165) is 48.8 Å². The highest BCUT2D eigenvalue weighted by Gasteiger charge is 2.21. The number of benzene rings is 1. The summed E-state index contributed by atoms with van der Waals surface area (Å²) in [6, 6.07) is 8.58. The van der Waals surface area contributed by atoms with Gasteiger partial charge in [-0.05, 0) is 24.5 Å². The minimum atomic E-state index is 0. The molecule has 3 N–H and O–H groups in total. The summed E-state index contributed by atoms with van der Waals surface area (Å²) < 4.78 is 1.85. The van der Waals surface area contributed by atoms with Crippen molar-refractivity contribution in [2.75, 3.05) is 25.0 Å². The molecule has 1 atom stereocenters. The smallest absolute Gasteiger partial charge is 0.191 e. The van der Waals surface area contributed by atoms with Crippen LogP contribution in [-0.2, 0) is 13.6 Å². The van der Waals surface area contributed by atoms with Gasteiger partial charge in [0.2, 0.25) is 0 Å². The zero-order valence-corrected chi connectivity index (χ0v) is 19.6. The van der Waals surface area contributed by atoms with Crippen LogP contribution in [0.25, 0.3) is 11.4 Å². The van der Waals surface area contributed by atoms with Gasteiger partial charge in [-0.1, -0.05) is 18.2 Å². The largest absolute Gasteiger partial charge is 0.367 e. The molecule has 0 radical (unpaired) electrons. The summed E-state index contributed by atoms with van der Waals surface area (Å²) in [5.41, 5.74) is 3.35. The summed E-state index contributed by atoms with van der Waals surface area (Å²) in [6.07, 6.45) is 7.78. The predicted octanol–water partition coefficient (Wildman–Crippen LogP) is 2.16. The first kappa shape index (κ1) is 22.1. The molecule has 1 aliphatic rings. The zero-order valence-electron chi connectivity index (χ0n) is 17.2. The molecular formula is C20H28IN9. The van der Waals surface area contributed by atoms with Gasteiger partial charge in [-0.3, -0.25) is 14.8 Å². The molecule has 160 valence electrons. The molecule has 1 aliphatic heterocycles. The second-order valence-electron chi connectivity index (χ2n) is 7.26. The van der Waals surface area contributed by atoms with E-state index in [1.54, 1.807) is 0 Å². The number of nitrogens with one attached hydrogen (secondary N) is 3. The Balaban J connectivity index is 0.00000256. The van der Waals surface area contributed by atoms with Crippen LogP contribution in [0.4, 0.5) is 5.69 Å². The van der Waals surface area contributed by atoms with Gasteiger partial charge < -0.3 is 15.5 Å². The van der Waals surface area contributed by atoms with E-state index in [1.165, 1.54) is 12.0 Å². The lowest BCUT2D eigenvalue weighted by atomic mass is 10.1. The molecule has 1 fully saturated rings.